The summed E-state index contributed by atoms with van der Waals surface area (Å²) < 4.78 is 0. The SMILES string of the molecule is CC1(C)c2cc3ccccc3cc2-c2c(-c3cc(-c4cccc(-c5ccc6ccccc6c5)c4)nc(-c4ccccc4)n3)cccc21. The molecule has 47 heavy (non-hydrogen) atoms. The molecule has 0 radical (unpaired) electrons. The van der Waals surface area contributed by atoms with E-state index in [1.54, 1.807) is 0 Å². The van der Waals surface area contributed by atoms with Crippen molar-refractivity contribution in [2.24, 2.45) is 0 Å². The number of benzene rings is 7. The quantitative estimate of drug-likeness (QED) is 0.201. The average Bonchev–Trinajstić information content (AvgIpc) is 3.36. The number of nitrogens with zero attached hydrogens (tertiary/aromatic N) is 2. The van der Waals surface area contributed by atoms with E-state index in [-0.39, 0.29) is 5.41 Å². The van der Waals surface area contributed by atoms with Gasteiger partial charge in [0.15, 0.2) is 5.82 Å². The van der Waals surface area contributed by atoms with Gasteiger partial charge in [-0.15, -0.1) is 0 Å². The summed E-state index contributed by atoms with van der Waals surface area (Å²) in [7, 11) is 0. The molecule has 2 nitrogen and oxygen atoms in total. The fourth-order valence-corrected chi connectivity index (χ4v) is 7.36. The Kier molecular flexibility index (Phi) is 6.20. The molecule has 0 aliphatic heterocycles. The van der Waals surface area contributed by atoms with E-state index in [1.807, 2.05) is 6.07 Å². The van der Waals surface area contributed by atoms with E-state index >= 15 is 0 Å². The zero-order chi connectivity index (χ0) is 31.5. The lowest BCUT2D eigenvalue weighted by Gasteiger charge is -2.22. The van der Waals surface area contributed by atoms with Crippen LogP contribution in [0.4, 0.5) is 0 Å². The van der Waals surface area contributed by atoms with Gasteiger partial charge in [0.25, 0.3) is 0 Å². The fourth-order valence-electron chi connectivity index (χ4n) is 7.36. The highest BCUT2D eigenvalue weighted by atomic mass is 14.9. The van der Waals surface area contributed by atoms with E-state index in [0.717, 1.165) is 39.5 Å². The normalized spacial score (nSPS) is 13.1. The van der Waals surface area contributed by atoms with Crippen molar-refractivity contribution >= 4 is 21.5 Å². The van der Waals surface area contributed by atoms with Crippen molar-refractivity contribution < 1.29 is 0 Å². The van der Waals surface area contributed by atoms with Gasteiger partial charge in [-0.1, -0.05) is 141 Å². The van der Waals surface area contributed by atoms with Crippen LogP contribution in [0.1, 0.15) is 25.0 Å². The zero-order valence-electron chi connectivity index (χ0n) is 26.4. The maximum atomic E-state index is 5.26. The van der Waals surface area contributed by atoms with Crippen LogP contribution in [0.2, 0.25) is 0 Å². The first-order valence-electron chi connectivity index (χ1n) is 16.2. The van der Waals surface area contributed by atoms with Gasteiger partial charge in [0, 0.05) is 22.1 Å². The molecule has 8 aromatic rings. The average molecular weight is 601 g/mol. The van der Waals surface area contributed by atoms with Crippen molar-refractivity contribution in [1.82, 2.24) is 9.97 Å². The summed E-state index contributed by atoms with van der Waals surface area (Å²) in [5, 5.41) is 5.01. The molecular formula is C45H32N2. The minimum Gasteiger partial charge on any atom is -0.228 e. The second-order valence-corrected chi connectivity index (χ2v) is 13.1. The van der Waals surface area contributed by atoms with Gasteiger partial charge in [-0.05, 0) is 85.3 Å². The Hall–Kier alpha value is -5.86. The van der Waals surface area contributed by atoms with Crippen molar-refractivity contribution in [1.29, 1.82) is 0 Å². The summed E-state index contributed by atoms with van der Waals surface area (Å²) in [6.07, 6.45) is 0. The monoisotopic (exact) mass is 600 g/mol. The van der Waals surface area contributed by atoms with Gasteiger partial charge in [-0.25, -0.2) is 9.97 Å². The van der Waals surface area contributed by atoms with E-state index in [9.17, 15) is 0 Å². The number of hydrogen-bond acceptors (Lipinski definition) is 2. The van der Waals surface area contributed by atoms with Crippen LogP contribution < -0.4 is 0 Å². The number of hydrogen-bond donors (Lipinski definition) is 0. The lowest BCUT2D eigenvalue weighted by molar-refractivity contribution is 0.661. The van der Waals surface area contributed by atoms with Gasteiger partial charge < -0.3 is 0 Å². The molecule has 0 spiro atoms. The Balaban J connectivity index is 1.25. The summed E-state index contributed by atoms with van der Waals surface area (Å²) >= 11 is 0. The highest BCUT2D eigenvalue weighted by Crippen LogP contribution is 2.53. The standard InChI is InChI=1S/C45H32N2/c1-45(2)39-21-11-20-37(43(39)38-26-33-16-8-9-17-34(33)27-40(38)45)42-28-41(46-44(47-42)30-13-4-3-5-14-30)36-19-10-18-32(25-36)35-23-22-29-12-6-7-15-31(29)24-35/h3-28H,1-2H3. The van der Waals surface area contributed by atoms with Crippen molar-refractivity contribution in [2.75, 3.05) is 0 Å². The molecule has 1 aliphatic carbocycles. The Morgan fingerprint density at radius 1 is 0.383 bits per heavy atom. The number of aromatic nitrogens is 2. The van der Waals surface area contributed by atoms with Gasteiger partial charge in [-0.3, -0.25) is 0 Å². The Bertz CT molecular complexity index is 2490. The van der Waals surface area contributed by atoms with Gasteiger partial charge in [0.05, 0.1) is 11.4 Å². The van der Waals surface area contributed by atoms with E-state index in [2.05, 4.69) is 166 Å². The molecule has 1 aliphatic rings. The molecule has 1 heterocycles. The third-order valence-electron chi connectivity index (χ3n) is 9.84. The summed E-state index contributed by atoms with van der Waals surface area (Å²) in [5.74, 6) is 0.725. The molecule has 0 amide bonds. The Labute approximate surface area is 275 Å². The molecule has 0 bridgehead atoms. The predicted octanol–water partition coefficient (Wildman–Crippen LogP) is 11.8. The maximum Gasteiger partial charge on any atom is 0.160 e. The minimum atomic E-state index is -0.128. The molecule has 0 saturated carbocycles. The number of rotatable bonds is 4. The first-order valence-corrected chi connectivity index (χ1v) is 16.2. The lowest BCUT2D eigenvalue weighted by Crippen LogP contribution is -2.14. The van der Waals surface area contributed by atoms with Crippen LogP contribution in [0.25, 0.3) is 77.7 Å². The molecule has 0 fully saturated rings. The highest BCUT2D eigenvalue weighted by Gasteiger charge is 2.37. The third kappa shape index (κ3) is 4.56. The van der Waals surface area contributed by atoms with Crippen molar-refractivity contribution in [3.63, 3.8) is 0 Å². The van der Waals surface area contributed by atoms with Crippen LogP contribution in [-0.2, 0) is 5.41 Å². The van der Waals surface area contributed by atoms with Crippen molar-refractivity contribution in [3.8, 4) is 56.2 Å². The summed E-state index contributed by atoms with van der Waals surface area (Å²) in [4.78, 5) is 10.4. The Morgan fingerprint density at radius 3 is 1.81 bits per heavy atom. The maximum absolute atomic E-state index is 5.26. The zero-order valence-corrected chi connectivity index (χ0v) is 26.4. The molecule has 7 aromatic carbocycles. The molecule has 1 aromatic heterocycles. The summed E-state index contributed by atoms with van der Waals surface area (Å²) in [6.45, 7) is 4.69. The van der Waals surface area contributed by atoms with E-state index in [4.69, 9.17) is 9.97 Å². The van der Waals surface area contributed by atoms with Crippen LogP contribution in [0.3, 0.4) is 0 Å². The Morgan fingerprint density at radius 2 is 1.00 bits per heavy atom. The van der Waals surface area contributed by atoms with Crippen LogP contribution >= 0.6 is 0 Å². The largest absolute Gasteiger partial charge is 0.228 e. The van der Waals surface area contributed by atoms with Gasteiger partial charge in [-0.2, -0.15) is 0 Å². The van der Waals surface area contributed by atoms with Crippen molar-refractivity contribution in [3.05, 3.63) is 169 Å². The molecule has 0 saturated heterocycles. The molecule has 222 valence electrons. The lowest BCUT2D eigenvalue weighted by atomic mass is 9.81. The fraction of sp³-hybridized carbons (Fsp3) is 0.0667. The third-order valence-corrected chi connectivity index (χ3v) is 9.84. The topological polar surface area (TPSA) is 25.8 Å². The first-order chi connectivity index (χ1) is 23.0. The van der Waals surface area contributed by atoms with E-state index < -0.39 is 0 Å². The second kappa shape index (κ2) is 10.6. The van der Waals surface area contributed by atoms with Gasteiger partial charge in [0.2, 0.25) is 0 Å². The second-order valence-electron chi connectivity index (χ2n) is 13.1. The molecule has 2 heteroatoms. The molecule has 0 atom stereocenters. The van der Waals surface area contributed by atoms with Crippen LogP contribution in [-0.4, -0.2) is 9.97 Å². The first kappa shape index (κ1) is 27.5. The van der Waals surface area contributed by atoms with E-state index in [0.29, 0.717) is 0 Å². The summed E-state index contributed by atoms with van der Waals surface area (Å²) in [5.41, 5.74) is 12.5. The van der Waals surface area contributed by atoms with Crippen molar-refractivity contribution in [2.45, 2.75) is 19.3 Å². The minimum absolute atomic E-state index is 0.128. The smallest absolute Gasteiger partial charge is 0.160 e. The van der Waals surface area contributed by atoms with Gasteiger partial charge in [0.1, 0.15) is 0 Å². The highest BCUT2D eigenvalue weighted by molar-refractivity contribution is 5.98. The van der Waals surface area contributed by atoms with Crippen LogP contribution in [0.5, 0.6) is 0 Å². The number of fused-ring (bicyclic) bond motifs is 5. The molecule has 0 unspecified atom stereocenters. The predicted molar refractivity (Wildman–Crippen MR) is 196 cm³/mol. The summed E-state index contributed by atoms with van der Waals surface area (Å²) in [6, 6.07) is 56.5. The molecule has 0 N–H and O–H groups in total. The van der Waals surface area contributed by atoms with Crippen LogP contribution in [0, 0.1) is 0 Å². The molecular weight excluding hydrogens is 569 g/mol. The molecule has 9 rings (SSSR count). The van der Waals surface area contributed by atoms with Gasteiger partial charge >= 0.3 is 0 Å². The van der Waals surface area contributed by atoms with Crippen LogP contribution in [0.15, 0.2) is 158 Å². The van der Waals surface area contributed by atoms with E-state index in [1.165, 1.54) is 49.4 Å².